The number of hydrogen-bond acceptors (Lipinski definition) is 2. The van der Waals surface area contributed by atoms with E-state index in [4.69, 9.17) is 11.2 Å². The Labute approximate surface area is 87.4 Å². The molecule has 0 aromatic heterocycles. The minimum Gasteiger partial charge on any atom is -0.377 e. The van der Waals surface area contributed by atoms with Gasteiger partial charge in [0.15, 0.2) is 0 Å². The first-order valence-electron chi connectivity index (χ1n) is 5.68. The van der Waals surface area contributed by atoms with Crippen molar-refractivity contribution in [2.45, 2.75) is 51.2 Å². The number of nitrogens with one attached hydrogen (secondary N) is 1. The fraction of sp³-hybridized carbons (Fsp3) is 0.833. The van der Waals surface area contributed by atoms with Gasteiger partial charge in [-0.05, 0) is 25.7 Å². The highest BCUT2D eigenvalue weighted by molar-refractivity contribution is 4.98. The third-order valence-corrected chi connectivity index (χ3v) is 2.64. The second-order valence-corrected chi connectivity index (χ2v) is 3.90. The Hall–Kier alpha value is -0.520. The highest BCUT2D eigenvalue weighted by Gasteiger charge is 2.14. The van der Waals surface area contributed by atoms with Crippen molar-refractivity contribution in [1.82, 2.24) is 5.32 Å². The van der Waals surface area contributed by atoms with Crippen LogP contribution in [0.25, 0.3) is 0 Å². The van der Waals surface area contributed by atoms with Gasteiger partial charge in [0.25, 0.3) is 0 Å². The number of ether oxygens (including phenoxy) is 1. The van der Waals surface area contributed by atoms with Crippen molar-refractivity contribution in [3.05, 3.63) is 0 Å². The predicted molar refractivity (Wildman–Crippen MR) is 59.1 cm³/mol. The molecule has 0 aromatic rings. The van der Waals surface area contributed by atoms with Crippen molar-refractivity contribution in [1.29, 1.82) is 0 Å². The van der Waals surface area contributed by atoms with E-state index >= 15 is 0 Å². The van der Waals surface area contributed by atoms with Crippen molar-refractivity contribution >= 4 is 0 Å². The summed E-state index contributed by atoms with van der Waals surface area (Å²) in [6, 6.07) is 0.227. The molecule has 0 radical (unpaired) electrons. The molecule has 2 atom stereocenters. The molecule has 0 bridgehead atoms. The Bertz CT molecular complexity index is 179. The molecule has 1 rings (SSSR count). The van der Waals surface area contributed by atoms with E-state index in [0.29, 0.717) is 6.10 Å². The summed E-state index contributed by atoms with van der Waals surface area (Å²) in [6.07, 6.45) is 11.7. The van der Waals surface area contributed by atoms with Gasteiger partial charge >= 0.3 is 0 Å². The zero-order valence-corrected chi connectivity index (χ0v) is 9.09. The van der Waals surface area contributed by atoms with Crippen LogP contribution < -0.4 is 5.32 Å². The first kappa shape index (κ1) is 11.6. The molecule has 80 valence electrons. The molecule has 1 aliphatic rings. The second kappa shape index (κ2) is 6.86. The lowest BCUT2D eigenvalue weighted by molar-refractivity contribution is 0.0161. The molecular weight excluding hydrogens is 174 g/mol. The zero-order chi connectivity index (χ0) is 10.2. The lowest BCUT2D eigenvalue weighted by atomic mass is 10.1. The van der Waals surface area contributed by atoms with Gasteiger partial charge in [-0.3, -0.25) is 0 Å². The largest absolute Gasteiger partial charge is 0.377 e. The normalized spacial score (nSPS) is 24.1. The summed E-state index contributed by atoms with van der Waals surface area (Å²) >= 11 is 0. The van der Waals surface area contributed by atoms with Crippen LogP contribution in [-0.4, -0.2) is 25.3 Å². The van der Waals surface area contributed by atoms with Crippen molar-refractivity contribution in [2.24, 2.45) is 0 Å². The van der Waals surface area contributed by atoms with Crippen LogP contribution in [0.1, 0.15) is 39.0 Å². The summed E-state index contributed by atoms with van der Waals surface area (Å²) in [5.74, 6) is 2.78. The molecule has 2 heteroatoms. The van der Waals surface area contributed by atoms with Crippen molar-refractivity contribution in [3.63, 3.8) is 0 Å². The summed E-state index contributed by atoms with van der Waals surface area (Å²) in [5, 5.41) is 3.38. The molecule has 0 aliphatic carbocycles. The molecule has 1 fully saturated rings. The molecule has 0 saturated carbocycles. The maximum Gasteiger partial charge on any atom is 0.0699 e. The van der Waals surface area contributed by atoms with Crippen LogP contribution in [0, 0.1) is 12.3 Å². The number of rotatable bonds is 5. The lowest BCUT2D eigenvalue weighted by Crippen LogP contribution is -2.37. The van der Waals surface area contributed by atoms with E-state index in [-0.39, 0.29) is 6.04 Å². The predicted octanol–water partition coefficient (Wildman–Crippen LogP) is 1.95. The third kappa shape index (κ3) is 4.13. The fourth-order valence-corrected chi connectivity index (χ4v) is 1.78. The molecular formula is C12H21NO. The van der Waals surface area contributed by atoms with Crippen LogP contribution in [0.4, 0.5) is 0 Å². The minimum atomic E-state index is 0.227. The Morgan fingerprint density at radius 2 is 2.43 bits per heavy atom. The Kier molecular flexibility index (Phi) is 5.66. The quantitative estimate of drug-likeness (QED) is 0.677. The molecule has 1 aliphatic heterocycles. The van der Waals surface area contributed by atoms with Gasteiger partial charge < -0.3 is 10.1 Å². The lowest BCUT2D eigenvalue weighted by Gasteiger charge is -2.24. The minimum absolute atomic E-state index is 0.227. The smallest absolute Gasteiger partial charge is 0.0699 e. The molecule has 1 heterocycles. The standard InChI is InChI=1S/C12H21NO/c1-3-7-11(4-2)13-10-12-8-5-6-9-14-12/h2,11-13H,3,5-10H2,1H3. The van der Waals surface area contributed by atoms with Crippen LogP contribution in [0.15, 0.2) is 0 Å². The summed E-state index contributed by atoms with van der Waals surface area (Å²) in [4.78, 5) is 0. The first-order valence-corrected chi connectivity index (χ1v) is 5.68. The van der Waals surface area contributed by atoms with Crippen LogP contribution in [-0.2, 0) is 4.74 Å². The Morgan fingerprint density at radius 1 is 1.57 bits per heavy atom. The molecule has 0 amide bonds. The van der Waals surface area contributed by atoms with E-state index < -0.39 is 0 Å². The molecule has 14 heavy (non-hydrogen) atoms. The van der Waals surface area contributed by atoms with Gasteiger partial charge in [0, 0.05) is 13.2 Å². The van der Waals surface area contributed by atoms with Crippen LogP contribution in [0.3, 0.4) is 0 Å². The van der Waals surface area contributed by atoms with E-state index in [2.05, 4.69) is 18.2 Å². The summed E-state index contributed by atoms with van der Waals surface area (Å²) in [5.41, 5.74) is 0. The number of hydrogen-bond donors (Lipinski definition) is 1. The highest BCUT2D eigenvalue weighted by Crippen LogP contribution is 2.11. The van der Waals surface area contributed by atoms with Crippen LogP contribution >= 0.6 is 0 Å². The van der Waals surface area contributed by atoms with Gasteiger partial charge in [-0.1, -0.05) is 19.3 Å². The zero-order valence-electron chi connectivity index (χ0n) is 9.09. The highest BCUT2D eigenvalue weighted by atomic mass is 16.5. The molecule has 2 nitrogen and oxygen atoms in total. The third-order valence-electron chi connectivity index (χ3n) is 2.64. The van der Waals surface area contributed by atoms with E-state index in [1.807, 2.05) is 0 Å². The maximum atomic E-state index is 5.62. The fourth-order valence-electron chi connectivity index (χ4n) is 1.78. The van der Waals surface area contributed by atoms with Crippen molar-refractivity contribution < 1.29 is 4.74 Å². The monoisotopic (exact) mass is 195 g/mol. The topological polar surface area (TPSA) is 21.3 Å². The summed E-state index contributed by atoms with van der Waals surface area (Å²) < 4.78 is 5.62. The van der Waals surface area contributed by atoms with Crippen LogP contribution in [0.5, 0.6) is 0 Å². The van der Waals surface area contributed by atoms with E-state index in [1.165, 1.54) is 19.3 Å². The van der Waals surface area contributed by atoms with Gasteiger partial charge in [-0.2, -0.15) is 0 Å². The van der Waals surface area contributed by atoms with Crippen LogP contribution in [0.2, 0.25) is 0 Å². The molecule has 2 unspecified atom stereocenters. The average molecular weight is 195 g/mol. The Morgan fingerprint density at radius 3 is 3.00 bits per heavy atom. The second-order valence-electron chi connectivity index (χ2n) is 3.90. The van der Waals surface area contributed by atoms with Gasteiger partial charge in [-0.15, -0.1) is 6.42 Å². The van der Waals surface area contributed by atoms with Gasteiger partial charge in [0.2, 0.25) is 0 Å². The maximum absolute atomic E-state index is 5.62. The molecule has 0 spiro atoms. The van der Waals surface area contributed by atoms with E-state index in [1.54, 1.807) is 0 Å². The molecule has 1 N–H and O–H groups in total. The van der Waals surface area contributed by atoms with E-state index in [0.717, 1.165) is 26.0 Å². The summed E-state index contributed by atoms with van der Waals surface area (Å²) in [6.45, 7) is 3.98. The summed E-state index contributed by atoms with van der Waals surface area (Å²) in [7, 11) is 0. The Balaban J connectivity index is 2.14. The molecule has 1 saturated heterocycles. The van der Waals surface area contributed by atoms with Gasteiger partial charge in [0.1, 0.15) is 0 Å². The SMILES string of the molecule is C#CC(CCC)NCC1CCCCO1. The first-order chi connectivity index (χ1) is 6.86. The van der Waals surface area contributed by atoms with Gasteiger partial charge in [0.05, 0.1) is 12.1 Å². The van der Waals surface area contributed by atoms with Gasteiger partial charge in [-0.25, -0.2) is 0 Å². The average Bonchev–Trinajstić information content (AvgIpc) is 2.25. The van der Waals surface area contributed by atoms with Crippen molar-refractivity contribution in [3.8, 4) is 12.3 Å². The molecule has 0 aromatic carbocycles. The number of terminal acetylenes is 1. The van der Waals surface area contributed by atoms with E-state index in [9.17, 15) is 0 Å². The van der Waals surface area contributed by atoms with Crippen molar-refractivity contribution in [2.75, 3.05) is 13.2 Å².